The van der Waals surface area contributed by atoms with Crippen LogP contribution in [0.2, 0.25) is 0 Å². The van der Waals surface area contributed by atoms with Crippen molar-refractivity contribution in [2.24, 2.45) is 23.2 Å². The molecule has 0 spiro atoms. The molecule has 2 aromatic rings. The Balaban J connectivity index is 1.44. The minimum absolute atomic E-state index is 0.0630. The number of nitrogens with zero attached hydrogens (tertiary/aromatic N) is 3. The van der Waals surface area contributed by atoms with E-state index in [2.05, 4.69) is 52.1 Å². The molecule has 2 aromatic heterocycles. The first-order valence-electron chi connectivity index (χ1n) is 10.2. The fourth-order valence-corrected chi connectivity index (χ4v) is 5.57. The van der Waals surface area contributed by atoms with Crippen molar-refractivity contribution in [3.05, 3.63) is 51.1 Å². The molecule has 5 rings (SSSR count). The molecule has 0 saturated heterocycles. The summed E-state index contributed by atoms with van der Waals surface area (Å²) in [5.74, 6) is 1.89. The van der Waals surface area contributed by atoms with Gasteiger partial charge in [-0.2, -0.15) is 5.10 Å². The van der Waals surface area contributed by atoms with Gasteiger partial charge in [-0.15, -0.1) is 0 Å². The van der Waals surface area contributed by atoms with Crippen LogP contribution in [-0.4, -0.2) is 26.6 Å². The average molecular weight is 459 g/mol. The topological polar surface area (TPSA) is 76.9 Å². The second kappa shape index (κ2) is 7.67. The molecule has 0 amide bonds. The molecule has 154 valence electrons. The molecule has 0 unspecified atom stereocenters. The van der Waals surface area contributed by atoms with E-state index in [1.54, 1.807) is 24.5 Å². The summed E-state index contributed by atoms with van der Waals surface area (Å²) < 4.78 is 1.65. The minimum Gasteiger partial charge on any atom is -0.380 e. The van der Waals surface area contributed by atoms with Gasteiger partial charge in [-0.3, -0.25) is 14.6 Å². The van der Waals surface area contributed by atoms with Crippen LogP contribution in [0.1, 0.15) is 39.3 Å². The van der Waals surface area contributed by atoms with Gasteiger partial charge in [-0.1, -0.05) is 26.8 Å². The number of pyridine rings is 1. The molecule has 3 aliphatic carbocycles. The van der Waals surface area contributed by atoms with Crippen LogP contribution in [0.15, 0.2) is 39.9 Å². The van der Waals surface area contributed by atoms with Crippen molar-refractivity contribution in [1.29, 1.82) is 0 Å². The Labute approximate surface area is 179 Å². The first-order chi connectivity index (χ1) is 13.8. The summed E-state index contributed by atoms with van der Waals surface area (Å²) in [7, 11) is 0. The Hall–Kier alpha value is -2.02. The lowest BCUT2D eigenvalue weighted by molar-refractivity contribution is -0.119. The lowest BCUT2D eigenvalue weighted by Gasteiger charge is -2.62. The van der Waals surface area contributed by atoms with E-state index in [1.807, 2.05) is 6.07 Å². The Bertz CT molecular complexity index is 973. The van der Waals surface area contributed by atoms with Crippen molar-refractivity contribution in [3.63, 3.8) is 0 Å². The van der Waals surface area contributed by atoms with Crippen molar-refractivity contribution in [3.8, 4) is 0 Å². The number of fused-ring (bicyclic) bond motifs is 2. The van der Waals surface area contributed by atoms with Gasteiger partial charge >= 0.3 is 0 Å². The summed E-state index contributed by atoms with van der Waals surface area (Å²) in [6.45, 7) is 6.99. The number of carbonyl (C=O) groups excluding carboxylic acids is 1. The van der Waals surface area contributed by atoms with Gasteiger partial charge in [0.05, 0.1) is 18.3 Å². The second-order valence-electron chi connectivity index (χ2n) is 9.08. The average Bonchev–Trinajstić information content (AvgIpc) is 2.69. The van der Waals surface area contributed by atoms with E-state index in [4.69, 9.17) is 0 Å². The van der Waals surface area contributed by atoms with Crippen LogP contribution >= 0.6 is 15.9 Å². The number of hydrogen-bond donors (Lipinski definition) is 1. The van der Waals surface area contributed by atoms with E-state index < -0.39 is 0 Å². The fraction of sp³-hybridized carbons (Fsp3) is 0.545. The van der Waals surface area contributed by atoms with Gasteiger partial charge < -0.3 is 5.32 Å². The van der Waals surface area contributed by atoms with E-state index >= 15 is 0 Å². The minimum atomic E-state index is -0.293. The Kier molecular flexibility index (Phi) is 5.36. The molecule has 4 atom stereocenters. The van der Waals surface area contributed by atoms with Crippen molar-refractivity contribution in [2.45, 2.75) is 52.6 Å². The third-order valence-corrected chi connectivity index (χ3v) is 7.88. The van der Waals surface area contributed by atoms with Gasteiger partial charge in [0.25, 0.3) is 5.56 Å². The highest BCUT2D eigenvalue weighted by Crippen LogP contribution is 2.61. The summed E-state index contributed by atoms with van der Waals surface area (Å²) >= 11 is 3.42. The van der Waals surface area contributed by atoms with Crippen LogP contribution in [0.3, 0.4) is 0 Å². The monoisotopic (exact) mass is 458 g/mol. The molecule has 0 aromatic carbocycles. The maximum absolute atomic E-state index is 12.7. The summed E-state index contributed by atoms with van der Waals surface area (Å²) in [5, 5.41) is 7.78. The summed E-state index contributed by atoms with van der Waals surface area (Å²) in [5.41, 5.74) is 1.53. The van der Waals surface area contributed by atoms with Gasteiger partial charge in [0.1, 0.15) is 11.0 Å². The van der Waals surface area contributed by atoms with Gasteiger partial charge in [0.15, 0.2) is 5.78 Å². The van der Waals surface area contributed by atoms with Crippen LogP contribution in [0.4, 0.5) is 5.69 Å². The number of nitrogens with one attached hydrogen (secondary N) is 1. The summed E-state index contributed by atoms with van der Waals surface area (Å²) in [6.07, 6.45) is 5.91. The number of aromatic nitrogens is 3. The van der Waals surface area contributed by atoms with E-state index in [0.717, 1.165) is 18.3 Å². The summed E-state index contributed by atoms with van der Waals surface area (Å²) in [6, 6.07) is 5.79. The normalized spacial score (nSPS) is 27.2. The predicted molar refractivity (Wildman–Crippen MR) is 116 cm³/mol. The van der Waals surface area contributed by atoms with Crippen LogP contribution in [0.25, 0.3) is 0 Å². The SMILES string of the molecule is C[C@H]1[C@H](Nc2cnn(CC(=O)Cc3ccccn3)c(=O)c2Br)C[C@H]2C[C@@H]1C2(C)C. The zero-order chi connectivity index (χ0) is 20.8. The van der Waals surface area contributed by atoms with Crippen molar-refractivity contribution >= 4 is 27.4 Å². The number of carbonyl (C=O) groups is 1. The smallest absolute Gasteiger partial charge is 0.283 e. The van der Waals surface area contributed by atoms with Crippen molar-refractivity contribution in [1.82, 2.24) is 14.8 Å². The standard InChI is InChI=1S/C22H27BrN4O2/c1-13-17-8-14(22(17,2)3)9-18(13)26-19-11-25-27(21(29)20(19)23)12-16(28)10-15-6-4-5-7-24-15/h4-7,11,13-14,17-18,26H,8-10,12H2,1-3H3/t13-,14-,17+,18-/m1/s1. The fourth-order valence-electron chi connectivity index (χ4n) is 5.15. The first-order valence-corrected chi connectivity index (χ1v) is 11.0. The van der Waals surface area contributed by atoms with Gasteiger partial charge in [0, 0.05) is 17.9 Å². The predicted octanol–water partition coefficient (Wildman–Crippen LogP) is 3.70. The van der Waals surface area contributed by atoms with E-state index in [1.165, 1.54) is 11.1 Å². The number of ketones is 1. The molecule has 29 heavy (non-hydrogen) atoms. The second-order valence-corrected chi connectivity index (χ2v) is 9.87. The Morgan fingerprint density at radius 3 is 2.79 bits per heavy atom. The highest BCUT2D eigenvalue weighted by Gasteiger charge is 2.56. The van der Waals surface area contributed by atoms with Gasteiger partial charge in [-0.25, -0.2) is 4.68 Å². The summed E-state index contributed by atoms with van der Waals surface area (Å²) in [4.78, 5) is 29.2. The largest absolute Gasteiger partial charge is 0.380 e. The third-order valence-electron chi connectivity index (χ3n) is 7.11. The molecule has 3 aliphatic rings. The first kappa shape index (κ1) is 20.3. The van der Waals surface area contributed by atoms with Crippen molar-refractivity contribution < 1.29 is 4.79 Å². The number of Topliss-reactive ketones (excluding diaryl/α,β-unsaturated/α-hetero) is 1. The lowest BCUT2D eigenvalue weighted by atomic mass is 9.45. The molecule has 6 nitrogen and oxygen atoms in total. The lowest BCUT2D eigenvalue weighted by Crippen LogP contribution is -2.58. The number of anilines is 1. The quantitative estimate of drug-likeness (QED) is 0.713. The molecule has 2 bridgehead atoms. The van der Waals surface area contributed by atoms with Gasteiger partial charge in [0.2, 0.25) is 0 Å². The van der Waals surface area contributed by atoms with E-state index in [-0.39, 0.29) is 24.3 Å². The third kappa shape index (κ3) is 3.77. The molecule has 2 heterocycles. The van der Waals surface area contributed by atoms with E-state index in [0.29, 0.717) is 33.2 Å². The zero-order valence-corrected chi connectivity index (χ0v) is 18.6. The van der Waals surface area contributed by atoms with Crippen LogP contribution in [0.5, 0.6) is 0 Å². The molecule has 7 heteroatoms. The van der Waals surface area contributed by atoms with Gasteiger partial charge in [-0.05, 0) is 64.1 Å². The molecule has 1 N–H and O–H groups in total. The highest BCUT2D eigenvalue weighted by molar-refractivity contribution is 9.10. The van der Waals surface area contributed by atoms with E-state index in [9.17, 15) is 9.59 Å². The van der Waals surface area contributed by atoms with Crippen molar-refractivity contribution in [2.75, 3.05) is 5.32 Å². The molecule has 3 fully saturated rings. The van der Waals surface area contributed by atoms with Crippen LogP contribution in [-0.2, 0) is 17.8 Å². The maximum atomic E-state index is 12.7. The molecule has 0 aliphatic heterocycles. The Morgan fingerprint density at radius 2 is 2.14 bits per heavy atom. The molecule has 3 saturated carbocycles. The number of rotatable bonds is 6. The number of hydrogen-bond acceptors (Lipinski definition) is 5. The molecule has 0 radical (unpaired) electrons. The highest BCUT2D eigenvalue weighted by atomic mass is 79.9. The number of halogens is 1. The maximum Gasteiger partial charge on any atom is 0.283 e. The zero-order valence-electron chi connectivity index (χ0n) is 17.1. The molecular weight excluding hydrogens is 432 g/mol. The van der Waals surface area contributed by atoms with Crippen LogP contribution in [0, 0.1) is 23.2 Å². The Morgan fingerprint density at radius 1 is 1.34 bits per heavy atom. The van der Waals surface area contributed by atoms with Crippen LogP contribution < -0.4 is 10.9 Å². The molecular formula is C22H27BrN4O2.